The third kappa shape index (κ3) is 2.13. The van der Waals surface area contributed by atoms with Gasteiger partial charge in [0.1, 0.15) is 15.9 Å². The summed E-state index contributed by atoms with van der Waals surface area (Å²) in [5.41, 5.74) is 0.265. The van der Waals surface area contributed by atoms with Crippen LogP contribution in [0.15, 0.2) is 58.3 Å². The van der Waals surface area contributed by atoms with E-state index >= 15 is 0 Å². The van der Waals surface area contributed by atoms with Crippen LogP contribution in [0.1, 0.15) is 10.8 Å². The lowest BCUT2D eigenvalue weighted by Crippen LogP contribution is -2.15. The standard InChI is InChI=1S/C14H12O5S2/c15-11-6-2-4-8-13(11)21(18,19)14-9-20(16,17)12-7-3-1-5-10(12)14/h1-8,14-15H,9H2. The number of benzene rings is 2. The van der Waals surface area contributed by atoms with Crippen molar-refractivity contribution in [2.24, 2.45) is 0 Å². The fourth-order valence-electron chi connectivity index (χ4n) is 2.52. The first-order valence-electron chi connectivity index (χ1n) is 6.17. The van der Waals surface area contributed by atoms with E-state index in [1.807, 2.05) is 0 Å². The number of fused-ring (bicyclic) bond motifs is 1. The maximum atomic E-state index is 12.7. The van der Waals surface area contributed by atoms with Crippen molar-refractivity contribution in [2.45, 2.75) is 15.0 Å². The molecule has 5 nitrogen and oxygen atoms in total. The molecule has 1 aliphatic rings. The number of para-hydroxylation sites is 1. The van der Waals surface area contributed by atoms with E-state index < -0.39 is 30.7 Å². The highest BCUT2D eigenvalue weighted by Crippen LogP contribution is 2.42. The highest BCUT2D eigenvalue weighted by atomic mass is 32.2. The number of hydrogen-bond donors (Lipinski definition) is 1. The molecule has 1 aliphatic heterocycles. The molecule has 0 radical (unpaired) electrons. The van der Waals surface area contributed by atoms with Crippen molar-refractivity contribution in [1.82, 2.24) is 0 Å². The predicted molar refractivity (Wildman–Crippen MR) is 76.5 cm³/mol. The van der Waals surface area contributed by atoms with Gasteiger partial charge in [0.15, 0.2) is 19.7 Å². The fourth-order valence-corrected chi connectivity index (χ4v) is 6.93. The molecule has 1 unspecified atom stereocenters. The Balaban J connectivity index is 2.22. The van der Waals surface area contributed by atoms with E-state index in [1.54, 1.807) is 12.1 Å². The highest BCUT2D eigenvalue weighted by molar-refractivity contribution is 7.96. The van der Waals surface area contributed by atoms with Gasteiger partial charge in [0.25, 0.3) is 0 Å². The average molecular weight is 324 g/mol. The molecule has 0 saturated heterocycles. The molecule has 3 rings (SSSR count). The second kappa shape index (κ2) is 4.57. The Morgan fingerprint density at radius 3 is 2.33 bits per heavy atom. The van der Waals surface area contributed by atoms with Crippen LogP contribution in [0.5, 0.6) is 5.75 Å². The number of hydrogen-bond acceptors (Lipinski definition) is 5. The van der Waals surface area contributed by atoms with Crippen LogP contribution in [0.2, 0.25) is 0 Å². The van der Waals surface area contributed by atoms with Gasteiger partial charge in [0.2, 0.25) is 0 Å². The van der Waals surface area contributed by atoms with Gasteiger partial charge in [0.05, 0.1) is 10.6 Å². The molecule has 0 bridgehead atoms. The number of phenolic OH excluding ortho intramolecular Hbond substituents is 1. The zero-order chi connectivity index (χ0) is 15.3. The van der Waals surface area contributed by atoms with E-state index in [2.05, 4.69) is 0 Å². The molecule has 110 valence electrons. The summed E-state index contributed by atoms with van der Waals surface area (Å²) in [5, 5.41) is 8.57. The van der Waals surface area contributed by atoms with Crippen molar-refractivity contribution >= 4 is 19.7 Å². The zero-order valence-corrected chi connectivity index (χ0v) is 12.4. The molecule has 21 heavy (non-hydrogen) atoms. The van der Waals surface area contributed by atoms with Crippen LogP contribution in [0.4, 0.5) is 0 Å². The summed E-state index contributed by atoms with van der Waals surface area (Å²) >= 11 is 0. The lowest BCUT2D eigenvalue weighted by molar-refractivity contribution is 0.458. The summed E-state index contributed by atoms with van der Waals surface area (Å²) < 4.78 is 49.6. The van der Waals surface area contributed by atoms with Crippen LogP contribution in [0.25, 0.3) is 0 Å². The van der Waals surface area contributed by atoms with Crippen molar-refractivity contribution in [2.75, 3.05) is 5.75 Å². The van der Waals surface area contributed by atoms with E-state index in [0.717, 1.165) is 0 Å². The van der Waals surface area contributed by atoms with Crippen LogP contribution in [0.3, 0.4) is 0 Å². The Morgan fingerprint density at radius 1 is 1.00 bits per heavy atom. The highest BCUT2D eigenvalue weighted by Gasteiger charge is 2.43. The Labute approximate surface area is 122 Å². The van der Waals surface area contributed by atoms with Gasteiger partial charge in [0, 0.05) is 0 Å². The minimum absolute atomic E-state index is 0.0500. The third-order valence-electron chi connectivity index (χ3n) is 3.52. The summed E-state index contributed by atoms with van der Waals surface area (Å²) in [6.07, 6.45) is 0. The largest absolute Gasteiger partial charge is 0.507 e. The van der Waals surface area contributed by atoms with Gasteiger partial charge in [-0.2, -0.15) is 0 Å². The Hall–Kier alpha value is -1.86. The first kappa shape index (κ1) is 14.1. The van der Waals surface area contributed by atoms with Gasteiger partial charge in [-0.05, 0) is 23.8 Å². The minimum Gasteiger partial charge on any atom is -0.507 e. The van der Waals surface area contributed by atoms with Crippen molar-refractivity contribution in [3.8, 4) is 5.75 Å². The van der Waals surface area contributed by atoms with Gasteiger partial charge in [-0.3, -0.25) is 0 Å². The van der Waals surface area contributed by atoms with E-state index in [1.165, 1.54) is 36.4 Å². The van der Waals surface area contributed by atoms with Crippen LogP contribution >= 0.6 is 0 Å². The second-order valence-corrected chi connectivity index (χ2v) is 8.92. The second-order valence-electron chi connectivity index (χ2n) is 4.82. The summed E-state index contributed by atoms with van der Waals surface area (Å²) in [4.78, 5) is -0.198. The van der Waals surface area contributed by atoms with Gasteiger partial charge >= 0.3 is 0 Å². The molecule has 0 fully saturated rings. The molecular weight excluding hydrogens is 312 g/mol. The fraction of sp³-hybridized carbons (Fsp3) is 0.143. The lowest BCUT2D eigenvalue weighted by Gasteiger charge is -2.12. The number of aromatic hydroxyl groups is 1. The molecule has 1 heterocycles. The molecule has 0 aromatic heterocycles. The monoisotopic (exact) mass is 324 g/mol. The molecule has 0 aliphatic carbocycles. The van der Waals surface area contributed by atoms with Crippen LogP contribution < -0.4 is 0 Å². The third-order valence-corrected chi connectivity index (χ3v) is 7.67. The first-order valence-corrected chi connectivity index (χ1v) is 9.37. The van der Waals surface area contributed by atoms with Gasteiger partial charge in [-0.25, -0.2) is 16.8 Å². The van der Waals surface area contributed by atoms with Crippen molar-refractivity contribution in [3.63, 3.8) is 0 Å². The normalized spacial score (nSPS) is 20.1. The maximum Gasteiger partial charge on any atom is 0.190 e. The average Bonchev–Trinajstić information content (AvgIpc) is 2.72. The number of phenols is 1. The molecule has 7 heteroatoms. The molecule has 0 amide bonds. The topological polar surface area (TPSA) is 88.5 Å². The molecule has 1 N–H and O–H groups in total. The van der Waals surface area contributed by atoms with Crippen molar-refractivity contribution in [1.29, 1.82) is 0 Å². The molecule has 2 aromatic carbocycles. The van der Waals surface area contributed by atoms with Crippen molar-refractivity contribution < 1.29 is 21.9 Å². The Bertz CT molecular complexity index is 914. The predicted octanol–water partition coefficient (Wildman–Crippen LogP) is 1.69. The van der Waals surface area contributed by atoms with Crippen LogP contribution in [0, 0.1) is 0 Å². The van der Waals surface area contributed by atoms with Gasteiger partial charge in [-0.15, -0.1) is 0 Å². The van der Waals surface area contributed by atoms with Gasteiger partial charge < -0.3 is 5.11 Å². The Kier molecular flexibility index (Phi) is 3.07. The zero-order valence-electron chi connectivity index (χ0n) is 10.8. The SMILES string of the molecule is O=S1(=O)CC(S(=O)(=O)c2ccccc2O)c2ccccc21. The number of sulfone groups is 2. The molecular formula is C14H12O5S2. The van der Waals surface area contributed by atoms with E-state index in [4.69, 9.17) is 0 Å². The van der Waals surface area contributed by atoms with E-state index in [-0.39, 0.29) is 21.1 Å². The first-order chi connectivity index (χ1) is 9.84. The molecule has 0 saturated carbocycles. The summed E-state index contributed by atoms with van der Waals surface area (Å²) in [6.45, 7) is 0. The van der Waals surface area contributed by atoms with Crippen LogP contribution in [-0.4, -0.2) is 27.7 Å². The number of rotatable bonds is 2. The quantitative estimate of drug-likeness (QED) is 0.908. The summed E-state index contributed by atoms with van der Waals surface area (Å²) in [6, 6.07) is 11.6. The molecule has 2 aromatic rings. The summed E-state index contributed by atoms with van der Waals surface area (Å²) in [7, 11) is -7.60. The smallest absolute Gasteiger partial charge is 0.190 e. The minimum atomic E-state index is -3.98. The Morgan fingerprint density at radius 2 is 1.62 bits per heavy atom. The van der Waals surface area contributed by atoms with E-state index in [0.29, 0.717) is 0 Å². The van der Waals surface area contributed by atoms with Crippen molar-refractivity contribution in [3.05, 3.63) is 54.1 Å². The maximum absolute atomic E-state index is 12.7. The van der Waals surface area contributed by atoms with E-state index in [9.17, 15) is 21.9 Å². The van der Waals surface area contributed by atoms with Gasteiger partial charge in [-0.1, -0.05) is 30.3 Å². The summed E-state index contributed by atoms with van der Waals surface area (Å²) in [5.74, 6) is -0.873. The van der Waals surface area contributed by atoms with Crippen LogP contribution in [-0.2, 0) is 19.7 Å². The molecule has 0 spiro atoms. The lowest BCUT2D eigenvalue weighted by atomic mass is 10.2. The molecule has 1 atom stereocenters.